The highest BCUT2D eigenvalue weighted by Crippen LogP contribution is 2.21. The van der Waals surface area contributed by atoms with Crippen LogP contribution >= 0.6 is 15.9 Å². The summed E-state index contributed by atoms with van der Waals surface area (Å²) < 4.78 is 21.8. The normalized spacial score (nSPS) is 12.4. The Bertz CT molecular complexity index is 1380. The summed E-state index contributed by atoms with van der Waals surface area (Å²) in [6.45, 7) is 4.19. The maximum atomic E-state index is 13.8. The molecule has 1 heterocycles. The molecule has 33 heavy (non-hydrogen) atoms. The third kappa shape index (κ3) is 5.20. The molecule has 0 bridgehead atoms. The number of benzene rings is 3. The average molecular weight is 508 g/mol. The first-order chi connectivity index (χ1) is 16.0. The van der Waals surface area contributed by atoms with E-state index < -0.39 is 0 Å². The first-order valence-electron chi connectivity index (χ1n) is 10.7. The molecule has 0 saturated heterocycles. The third-order valence-corrected chi connectivity index (χ3v) is 5.91. The molecule has 0 saturated carbocycles. The zero-order valence-corrected chi connectivity index (χ0v) is 19.9. The zero-order valence-electron chi connectivity index (χ0n) is 18.3. The Kier molecular flexibility index (Phi) is 6.99. The van der Waals surface area contributed by atoms with E-state index in [1.807, 2.05) is 38.1 Å². The fourth-order valence-electron chi connectivity index (χ4n) is 3.36. The van der Waals surface area contributed by atoms with Gasteiger partial charge in [-0.3, -0.25) is 4.79 Å². The Morgan fingerprint density at radius 1 is 1.15 bits per heavy atom. The van der Waals surface area contributed by atoms with E-state index in [0.29, 0.717) is 28.0 Å². The number of halogens is 2. The van der Waals surface area contributed by atoms with E-state index >= 15 is 0 Å². The van der Waals surface area contributed by atoms with Crippen molar-refractivity contribution in [3.05, 3.63) is 104 Å². The second-order valence-electron chi connectivity index (χ2n) is 7.75. The van der Waals surface area contributed by atoms with Crippen LogP contribution in [0.25, 0.3) is 10.9 Å². The van der Waals surface area contributed by atoms with Gasteiger partial charge >= 0.3 is 0 Å². The number of fused-ring (bicyclic) bond motifs is 1. The number of nitrogens with zero attached hydrogens (tertiary/aromatic N) is 3. The van der Waals surface area contributed by atoms with E-state index in [1.165, 1.54) is 10.7 Å². The summed E-state index contributed by atoms with van der Waals surface area (Å²) in [5, 5.41) is 4.98. The predicted octanol–water partition coefficient (Wildman–Crippen LogP) is 6.27. The van der Waals surface area contributed by atoms with Gasteiger partial charge in [-0.2, -0.15) is 9.78 Å². The van der Waals surface area contributed by atoms with Gasteiger partial charge in [-0.25, -0.2) is 9.37 Å². The highest BCUT2D eigenvalue weighted by atomic mass is 79.9. The van der Waals surface area contributed by atoms with Crippen LogP contribution in [0.15, 0.2) is 81.1 Å². The second-order valence-corrected chi connectivity index (χ2v) is 8.67. The summed E-state index contributed by atoms with van der Waals surface area (Å²) in [6, 6.07) is 19.2. The van der Waals surface area contributed by atoms with Crippen molar-refractivity contribution in [1.82, 2.24) is 9.66 Å². The molecule has 0 aliphatic carbocycles. The summed E-state index contributed by atoms with van der Waals surface area (Å²) in [7, 11) is 0. The van der Waals surface area contributed by atoms with E-state index in [1.54, 1.807) is 42.6 Å². The highest BCUT2D eigenvalue weighted by Gasteiger charge is 2.15. The molecule has 0 aliphatic rings. The maximum absolute atomic E-state index is 13.8. The topological polar surface area (TPSA) is 56.5 Å². The molecule has 1 aromatic heterocycles. The Hall–Kier alpha value is -3.32. The van der Waals surface area contributed by atoms with Crippen molar-refractivity contribution < 1.29 is 9.13 Å². The SMILES string of the molecule is CC[C@H](C)c1nc2ccc(Br)cc2c(=O)n1N=Cc1cccc(OCc2ccccc2F)c1. The summed E-state index contributed by atoms with van der Waals surface area (Å²) in [5.41, 5.74) is 1.65. The number of aromatic nitrogens is 2. The molecule has 4 rings (SSSR count). The van der Waals surface area contributed by atoms with Crippen molar-refractivity contribution in [2.75, 3.05) is 0 Å². The van der Waals surface area contributed by atoms with Gasteiger partial charge in [0.2, 0.25) is 0 Å². The lowest BCUT2D eigenvalue weighted by Crippen LogP contribution is -2.23. The van der Waals surface area contributed by atoms with Gasteiger partial charge < -0.3 is 4.74 Å². The van der Waals surface area contributed by atoms with E-state index in [-0.39, 0.29) is 23.9 Å². The van der Waals surface area contributed by atoms with E-state index in [9.17, 15) is 9.18 Å². The van der Waals surface area contributed by atoms with E-state index in [0.717, 1.165) is 16.5 Å². The first kappa shape index (κ1) is 22.9. The van der Waals surface area contributed by atoms with Crippen LogP contribution in [0.2, 0.25) is 0 Å². The zero-order chi connectivity index (χ0) is 23.4. The smallest absolute Gasteiger partial charge is 0.282 e. The van der Waals surface area contributed by atoms with Gasteiger partial charge in [-0.1, -0.05) is 60.1 Å². The van der Waals surface area contributed by atoms with Crippen LogP contribution in [0.5, 0.6) is 5.75 Å². The quantitative estimate of drug-likeness (QED) is 0.277. The molecule has 0 unspecified atom stereocenters. The van der Waals surface area contributed by atoms with Crippen molar-refractivity contribution in [2.24, 2.45) is 5.10 Å². The van der Waals surface area contributed by atoms with Crippen LogP contribution in [0, 0.1) is 5.82 Å². The van der Waals surface area contributed by atoms with E-state index in [2.05, 4.69) is 21.0 Å². The number of rotatable bonds is 7. The van der Waals surface area contributed by atoms with E-state index in [4.69, 9.17) is 9.72 Å². The molecular formula is C26H23BrFN3O2. The summed E-state index contributed by atoms with van der Waals surface area (Å²) in [6.07, 6.45) is 2.43. The Morgan fingerprint density at radius 2 is 1.97 bits per heavy atom. The van der Waals surface area contributed by atoms with Crippen LogP contribution in [-0.4, -0.2) is 15.9 Å². The van der Waals surface area contributed by atoms with Crippen LogP contribution in [-0.2, 0) is 6.61 Å². The number of hydrogen-bond donors (Lipinski definition) is 0. The fourth-order valence-corrected chi connectivity index (χ4v) is 3.73. The third-order valence-electron chi connectivity index (χ3n) is 5.42. The minimum absolute atomic E-state index is 0.0540. The predicted molar refractivity (Wildman–Crippen MR) is 133 cm³/mol. The molecule has 0 N–H and O–H groups in total. The second kappa shape index (κ2) is 10.1. The minimum Gasteiger partial charge on any atom is -0.489 e. The van der Waals surface area contributed by atoms with Gasteiger partial charge in [0.25, 0.3) is 5.56 Å². The molecule has 0 radical (unpaired) electrons. The van der Waals surface area contributed by atoms with Crippen LogP contribution in [0.3, 0.4) is 0 Å². The van der Waals surface area contributed by atoms with Gasteiger partial charge in [0.15, 0.2) is 0 Å². The fraction of sp³-hybridized carbons (Fsp3) is 0.192. The molecule has 0 amide bonds. The molecule has 0 fully saturated rings. The molecule has 5 nitrogen and oxygen atoms in total. The summed E-state index contributed by atoms with van der Waals surface area (Å²) in [4.78, 5) is 17.9. The summed E-state index contributed by atoms with van der Waals surface area (Å²) >= 11 is 3.42. The van der Waals surface area contributed by atoms with Gasteiger partial charge in [-0.15, -0.1) is 0 Å². The molecule has 4 aromatic rings. The van der Waals surface area contributed by atoms with Crippen molar-refractivity contribution in [2.45, 2.75) is 32.8 Å². The molecule has 168 valence electrons. The van der Waals surface area contributed by atoms with Crippen molar-refractivity contribution in [3.63, 3.8) is 0 Å². The Morgan fingerprint density at radius 3 is 2.76 bits per heavy atom. The molecule has 1 atom stereocenters. The molecule has 3 aromatic carbocycles. The lowest BCUT2D eigenvalue weighted by Gasteiger charge is -2.14. The highest BCUT2D eigenvalue weighted by molar-refractivity contribution is 9.10. The molecular weight excluding hydrogens is 485 g/mol. The maximum Gasteiger partial charge on any atom is 0.282 e. The minimum atomic E-state index is -0.303. The van der Waals surface area contributed by atoms with Crippen molar-refractivity contribution >= 4 is 33.0 Å². The average Bonchev–Trinajstić information content (AvgIpc) is 2.83. The lowest BCUT2D eigenvalue weighted by molar-refractivity contribution is 0.300. The largest absolute Gasteiger partial charge is 0.489 e. The van der Waals surface area contributed by atoms with Crippen LogP contribution in [0.4, 0.5) is 4.39 Å². The van der Waals surface area contributed by atoms with Crippen LogP contribution < -0.4 is 10.3 Å². The lowest BCUT2D eigenvalue weighted by atomic mass is 10.1. The molecule has 0 spiro atoms. The van der Waals surface area contributed by atoms with Gasteiger partial charge in [0.1, 0.15) is 24.0 Å². The molecule has 7 heteroatoms. The Balaban J connectivity index is 1.65. The first-order valence-corrected chi connectivity index (χ1v) is 11.5. The van der Waals surface area contributed by atoms with Crippen molar-refractivity contribution in [3.8, 4) is 5.75 Å². The Labute approximate surface area is 199 Å². The van der Waals surface area contributed by atoms with Gasteiger partial charge in [0, 0.05) is 16.0 Å². The number of ether oxygens (including phenoxy) is 1. The number of hydrogen-bond acceptors (Lipinski definition) is 4. The monoisotopic (exact) mass is 507 g/mol. The molecule has 0 aliphatic heterocycles. The van der Waals surface area contributed by atoms with Crippen molar-refractivity contribution in [1.29, 1.82) is 0 Å². The van der Waals surface area contributed by atoms with Crippen LogP contribution in [0.1, 0.15) is 43.1 Å². The van der Waals surface area contributed by atoms with Gasteiger partial charge in [-0.05, 0) is 48.4 Å². The standard InChI is InChI=1S/C26H23BrFN3O2/c1-3-17(2)25-30-24-12-11-20(27)14-22(24)26(32)31(25)29-15-18-7-6-9-21(13-18)33-16-19-8-4-5-10-23(19)28/h4-15,17H,3,16H2,1-2H3/t17-/m0/s1. The van der Waals surface area contributed by atoms with Gasteiger partial charge in [0.05, 0.1) is 17.1 Å². The summed E-state index contributed by atoms with van der Waals surface area (Å²) in [5.74, 6) is 0.943.